The number of carbonyl (C=O) groups is 1. The zero-order valence-electron chi connectivity index (χ0n) is 12.8. The molecule has 1 aromatic rings. The fourth-order valence-electron chi connectivity index (χ4n) is 2.68. The minimum absolute atomic E-state index is 0.108. The highest BCUT2D eigenvalue weighted by Gasteiger charge is 2.14. The number of nitrogens with zero attached hydrogens (tertiary/aromatic N) is 1. The molecule has 0 amide bonds. The predicted octanol–water partition coefficient (Wildman–Crippen LogP) is 0.595. The second kappa shape index (κ2) is 7.58. The minimum atomic E-state index is 0.108. The van der Waals surface area contributed by atoms with Crippen LogP contribution in [-0.4, -0.2) is 69.8 Å². The number of rotatable bonds is 6. The number of morpholine rings is 1. The number of fused-ring (bicyclic) bond motifs is 1. The van der Waals surface area contributed by atoms with Crippen molar-refractivity contribution < 1.29 is 14.3 Å². The molecular formula is C16H23N3O3. The van der Waals surface area contributed by atoms with Gasteiger partial charge in [0.25, 0.3) is 0 Å². The third-order valence-corrected chi connectivity index (χ3v) is 3.97. The van der Waals surface area contributed by atoms with Crippen LogP contribution in [0, 0.1) is 0 Å². The average Bonchev–Trinajstić information content (AvgIpc) is 2.59. The molecule has 0 unspecified atom stereocenters. The molecule has 2 N–H and O–H groups in total. The van der Waals surface area contributed by atoms with Crippen molar-refractivity contribution in [1.82, 2.24) is 10.2 Å². The summed E-state index contributed by atoms with van der Waals surface area (Å²) in [4.78, 5) is 14.6. The lowest BCUT2D eigenvalue weighted by Crippen LogP contribution is -2.41. The van der Waals surface area contributed by atoms with Gasteiger partial charge in [0, 0.05) is 38.3 Å². The van der Waals surface area contributed by atoms with Gasteiger partial charge in [0.15, 0.2) is 5.78 Å². The summed E-state index contributed by atoms with van der Waals surface area (Å²) in [6.07, 6.45) is 0. The summed E-state index contributed by atoms with van der Waals surface area (Å²) in [5.74, 6) is 0.931. The molecule has 0 saturated carbocycles. The molecule has 0 aromatic heterocycles. The monoisotopic (exact) mass is 305 g/mol. The van der Waals surface area contributed by atoms with Crippen molar-refractivity contribution in [1.29, 1.82) is 0 Å². The van der Waals surface area contributed by atoms with E-state index in [2.05, 4.69) is 15.5 Å². The summed E-state index contributed by atoms with van der Waals surface area (Å²) >= 11 is 0. The number of hydrogen-bond acceptors (Lipinski definition) is 6. The van der Waals surface area contributed by atoms with Crippen LogP contribution >= 0.6 is 0 Å². The Hall–Kier alpha value is -1.63. The molecule has 2 heterocycles. The van der Waals surface area contributed by atoms with E-state index in [1.165, 1.54) is 0 Å². The molecule has 1 saturated heterocycles. The molecular weight excluding hydrogens is 282 g/mol. The Balaban J connectivity index is 1.43. The van der Waals surface area contributed by atoms with Gasteiger partial charge in [-0.05, 0) is 18.2 Å². The molecule has 2 aliphatic heterocycles. The van der Waals surface area contributed by atoms with Crippen molar-refractivity contribution in [3.63, 3.8) is 0 Å². The Morgan fingerprint density at radius 3 is 3.00 bits per heavy atom. The summed E-state index contributed by atoms with van der Waals surface area (Å²) < 4.78 is 10.8. The van der Waals surface area contributed by atoms with Crippen molar-refractivity contribution in [2.75, 3.05) is 64.4 Å². The number of ether oxygens (including phenoxy) is 2. The molecule has 0 radical (unpaired) electrons. The topological polar surface area (TPSA) is 62.8 Å². The quantitative estimate of drug-likeness (QED) is 0.593. The summed E-state index contributed by atoms with van der Waals surface area (Å²) in [5.41, 5.74) is 1.63. The van der Waals surface area contributed by atoms with Crippen LogP contribution in [0.25, 0.3) is 0 Å². The Bertz CT molecular complexity index is 515. The third-order valence-electron chi connectivity index (χ3n) is 3.97. The lowest BCUT2D eigenvalue weighted by atomic mass is 10.1. The van der Waals surface area contributed by atoms with Crippen LogP contribution in [0.3, 0.4) is 0 Å². The van der Waals surface area contributed by atoms with Crippen LogP contribution in [-0.2, 0) is 4.74 Å². The van der Waals surface area contributed by atoms with Gasteiger partial charge in [-0.1, -0.05) is 0 Å². The third kappa shape index (κ3) is 3.97. The van der Waals surface area contributed by atoms with Crippen molar-refractivity contribution in [2.45, 2.75) is 0 Å². The van der Waals surface area contributed by atoms with E-state index < -0.39 is 0 Å². The number of carbonyl (C=O) groups excluding carboxylic acids is 1. The highest BCUT2D eigenvalue weighted by molar-refractivity contribution is 5.98. The standard InChI is InChI=1S/C16H23N3O3/c20-15(12-17-3-5-19-6-9-21-10-7-19)13-1-2-16-14(11-13)18-4-8-22-16/h1-2,11,17-18H,3-10,12H2. The van der Waals surface area contributed by atoms with E-state index in [0.717, 1.165) is 62.9 Å². The summed E-state index contributed by atoms with van der Waals surface area (Å²) in [6, 6.07) is 5.57. The number of Topliss-reactive ketones (excluding diaryl/α,β-unsaturated/α-hetero) is 1. The molecule has 6 nitrogen and oxygen atoms in total. The molecule has 0 spiro atoms. The molecule has 22 heavy (non-hydrogen) atoms. The Morgan fingerprint density at radius 1 is 1.27 bits per heavy atom. The van der Waals surface area contributed by atoms with Crippen LogP contribution in [0.4, 0.5) is 5.69 Å². The van der Waals surface area contributed by atoms with Gasteiger partial charge in [-0.3, -0.25) is 9.69 Å². The molecule has 6 heteroatoms. The van der Waals surface area contributed by atoms with E-state index in [-0.39, 0.29) is 5.78 Å². The van der Waals surface area contributed by atoms with Crippen molar-refractivity contribution in [3.8, 4) is 5.75 Å². The molecule has 1 fully saturated rings. The van der Waals surface area contributed by atoms with E-state index in [9.17, 15) is 4.79 Å². The Labute approximate surface area is 130 Å². The molecule has 3 rings (SSSR count). The van der Waals surface area contributed by atoms with E-state index in [4.69, 9.17) is 9.47 Å². The maximum atomic E-state index is 12.2. The molecule has 0 bridgehead atoms. The van der Waals surface area contributed by atoms with Gasteiger partial charge in [-0.15, -0.1) is 0 Å². The maximum Gasteiger partial charge on any atom is 0.176 e. The fourth-order valence-corrected chi connectivity index (χ4v) is 2.68. The number of nitrogens with one attached hydrogen (secondary N) is 2. The number of hydrogen-bond donors (Lipinski definition) is 2. The van der Waals surface area contributed by atoms with E-state index in [1.54, 1.807) is 0 Å². The highest BCUT2D eigenvalue weighted by atomic mass is 16.5. The van der Waals surface area contributed by atoms with Crippen LogP contribution in [0.5, 0.6) is 5.75 Å². The average molecular weight is 305 g/mol. The second-order valence-corrected chi connectivity index (χ2v) is 5.54. The van der Waals surface area contributed by atoms with Crippen molar-refractivity contribution in [3.05, 3.63) is 23.8 Å². The predicted molar refractivity (Wildman–Crippen MR) is 84.9 cm³/mol. The fraction of sp³-hybridized carbons (Fsp3) is 0.562. The molecule has 2 aliphatic rings. The zero-order valence-corrected chi connectivity index (χ0v) is 12.8. The number of ketones is 1. The van der Waals surface area contributed by atoms with Gasteiger partial charge in [-0.25, -0.2) is 0 Å². The van der Waals surface area contributed by atoms with Crippen LogP contribution in [0.2, 0.25) is 0 Å². The minimum Gasteiger partial charge on any atom is -0.490 e. The van der Waals surface area contributed by atoms with Gasteiger partial charge in [0.05, 0.1) is 25.4 Å². The number of benzene rings is 1. The van der Waals surface area contributed by atoms with Crippen LogP contribution < -0.4 is 15.4 Å². The Kier molecular flexibility index (Phi) is 5.26. The van der Waals surface area contributed by atoms with Gasteiger partial charge in [-0.2, -0.15) is 0 Å². The first-order valence-electron chi connectivity index (χ1n) is 7.88. The van der Waals surface area contributed by atoms with E-state index in [1.807, 2.05) is 18.2 Å². The smallest absolute Gasteiger partial charge is 0.176 e. The van der Waals surface area contributed by atoms with Gasteiger partial charge in [0.2, 0.25) is 0 Å². The lowest BCUT2D eigenvalue weighted by Gasteiger charge is -2.26. The van der Waals surface area contributed by atoms with Crippen LogP contribution in [0.15, 0.2) is 18.2 Å². The van der Waals surface area contributed by atoms with Crippen molar-refractivity contribution in [2.24, 2.45) is 0 Å². The second-order valence-electron chi connectivity index (χ2n) is 5.54. The molecule has 0 atom stereocenters. The molecule has 120 valence electrons. The lowest BCUT2D eigenvalue weighted by molar-refractivity contribution is 0.0384. The largest absolute Gasteiger partial charge is 0.490 e. The Morgan fingerprint density at radius 2 is 2.14 bits per heavy atom. The zero-order chi connectivity index (χ0) is 15.2. The molecule has 0 aliphatic carbocycles. The van der Waals surface area contributed by atoms with Gasteiger partial charge in [0.1, 0.15) is 12.4 Å². The normalized spacial score (nSPS) is 18.2. The first-order chi connectivity index (χ1) is 10.8. The van der Waals surface area contributed by atoms with Gasteiger partial charge >= 0.3 is 0 Å². The van der Waals surface area contributed by atoms with E-state index >= 15 is 0 Å². The highest BCUT2D eigenvalue weighted by Crippen LogP contribution is 2.28. The SMILES string of the molecule is O=C(CNCCN1CCOCC1)c1ccc2c(c1)NCCO2. The summed E-state index contributed by atoms with van der Waals surface area (Å²) in [7, 11) is 0. The first kappa shape index (κ1) is 15.3. The van der Waals surface area contributed by atoms with E-state index in [0.29, 0.717) is 13.2 Å². The van der Waals surface area contributed by atoms with Crippen LogP contribution in [0.1, 0.15) is 10.4 Å². The van der Waals surface area contributed by atoms with Gasteiger partial charge < -0.3 is 20.1 Å². The first-order valence-corrected chi connectivity index (χ1v) is 7.88. The summed E-state index contributed by atoms with van der Waals surface area (Å²) in [5, 5.41) is 6.48. The summed E-state index contributed by atoms with van der Waals surface area (Å²) in [6.45, 7) is 7.16. The van der Waals surface area contributed by atoms with Crippen molar-refractivity contribution >= 4 is 11.5 Å². The number of anilines is 1. The molecule has 1 aromatic carbocycles. The maximum absolute atomic E-state index is 12.2.